The van der Waals surface area contributed by atoms with Crippen molar-refractivity contribution in [2.45, 2.75) is 0 Å². The minimum Gasteiger partial charge on any atom is -0.383 e. The minimum atomic E-state index is -3.47. The molecule has 0 fully saturated rings. The number of nitrogens with zero attached hydrogens (tertiary/aromatic N) is 1. The van der Waals surface area contributed by atoms with Gasteiger partial charge in [-0.25, -0.2) is 13.2 Å². The topological polar surface area (TPSA) is 87.7 Å². The molecule has 0 aliphatic heterocycles. The molecule has 0 aliphatic carbocycles. The smallest absolute Gasteiger partial charge is 0.314 e. The highest BCUT2D eigenvalue weighted by atomic mass is 32.2. The van der Waals surface area contributed by atoms with E-state index >= 15 is 0 Å². The number of benzene rings is 1. The van der Waals surface area contributed by atoms with E-state index in [1.807, 2.05) is 6.07 Å². The van der Waals surface area contributed by atoms with Gasteiger partial charge in [-0.2, -0.15) is 0 Å². The van der Waals surface area contributed by atoms with Crippen LogP contribution in [0, 0.1) is 0 Å². The zero-order valence-corrected chi connectivity index (χ0v) is 13.0. The summed E-state index contributed by atoms with van der Waals surface area (Å²) >= 11 is 0. The third-order valence-electron chi connectivity index (χ3n) is 2.77. The first-order valence-electron chi connectivity index (χ1n) is 6.49. The second kappa shape index (κ2) is 8.48. The van der Waals surface area contributed by atoms with Crippen molar-refractivity contribution in [3.8, 4) is 0 Å². The summed E-state index contributed by atoms with van der Waals surface area (Å²) < 4.78 is 30.2. The molecule has 2 amide bonds. The average molecular weight is 315 g/mol. The van der Waals surface area contributed by atoms with Crippen LogP contribution in [-0.4, -0.2) is 54.1 Å². The third kappa shape index (κ3) is 6.01. The van der Waals surface area contributed by atoms with Crippen molar-refractivity contribution < 1.29 is 17.9 Å². The molecular weight excluding hydrogens is 294 g/mol. The van der Waals surface area contributed by atoms with Crippen molar-refractivity contribution in [3.63, 3.8) is 0 Å². The van der Waals surface area contributed by atoms with Crippen LogP contribution in [-0.2, 0) is 14.8 Å². The van der Waals surface area contributed by atoms with Crippen LogP contribution in [0.1, 0.15) is 0 Å². The minimum absolute atomic E-state index is 0.0400. The molecular formula is C13H21N3O4S. The number of rotatable bonds is 8. The number of hydrogen-bond donors (Lipinski definition) is 2. The first kappa shape index (κ1) is 17.3. The molecule has 0 unspecified atom stereocenters. The highest BCUT2D eigenvalue weighted by molar-refractivity contribution is 7.92. The zero-order valence-electron chi connectivity index (χ0n) is 12.2. The van der Waals surface area contributed by atoms with Crippen LogP contribution in [0.2, 0.25) is 0 Å². The van der Waals surface area contributed by atoms with Crippen LogP contribution in [0.4, 0.5) is 10.5 Å². The number of methoxy groups -OCH3 is 1. The van der Waals surface area contributed by atoms with Crippen molar-refractivity contribution in [1.29, 1.82) is 0 Å². The van der Waals surface area contributed by atoms with E-state index in [1.54, 1.807) is 24.3 Å². The van der Waals surface area contributed by atoms with Crippen LogP contribution in [0.3, 0.4) is 0 Å². The summed E-state index contributed by atoms with van der Waals surface area (Å²) in [5.74, 6) is -0.171. The Bertz CT molecular complexity index is 534. The van der Waals surface area contributed by atoms with E-state index in [0.29, 0.717) is 18.8 Å². The maximum Gasteiger partial charge on any atom is 0.314 e. The first-order valence-corrected chi connectivity index (χ1v) is 8.10. The van der Waals surface area contributed by atoms with E-state index < -0.39 is 16.1 Å². The standard InChI is InChI=1S/C13H21N3O4S/c1-16(12-6-4-3-5-7-12)21(18,19)11-9-15-13(17)14-8-10-20-2/h3-7H,8-11H2,1-2H3,(H2,14,15,17). The molecule has 0 heterocycles. The van der Waals surface area contributed by atoms with Gasteiger partial charge in [-0.15, -0.1) is 0 Å². The molecule has 0 bridgehead atoms. The van der Waals surface area contributed by atoms with Crippen LogP contribution in [0.15, 0.2) is 30.3 Å². The molecule has 0 radical (unpaired) electrons. The fourth-order valence-corrected chi connectivity index (χ4v) is 2.63. The number of urea groups is 1. The van der Waals surface area contributed by atoms with Gasteiger partial charge in [-0.1, -0.05) is 18.2 Å². The SMILES string of the molecule is COCCNC(=O)NCCS(=O)(=O)N(C)c1ccccc1. The molecule has 0 saturated carbocycles. The number of anilines is 1. The average Bonchev–Trinajstić information content (AvgIpc) is 2.47. The largest absolute Gasteiger partial charge is 0.383 e. The summed E-state index contributed by atoms with van der Waals surface area (Å²) in [7, 11) is -0.445. The number of hydrogen-bond acceptors (Lipinski definition) is 4. The van der Waals surface area contributed by atoms with E-state index in [-0.39, 0.29) is 12.3 Å². The Balaban J connectivity index is 2.41. The van der Waals surface area contributed by atoms with Crippen molar-refractivity contribution in [1.82, 2.24) is 10.6 Å². The number of para-hydroxylation sites is 1. The van der Waals surface area contributed by atoms with Gasteiger partial charge in [-0.05, 0) is 12.1 Å². The Kier molecular flexibility index (Phi) is 6.97. The van der Waals surface area contributed by atoms with Gasteiger partial charge in [0.25, 0.3) is 0 Å². The molecule has 7 nitrogen and oxygen atoms in total. The summed E-state index contributed by atoms with van der Waals surface area (Å²) in [4.78, 5) is 11.4. The number of sulfonamides is 1. The lowest BCUT2D eigenvalue weighted by atomic mass is 10.3. The van der Waals surface area contributed by atoms with Crippen LogP contribution in [0.25, 0.3) is 0 Å². The number of carbonyl (C=O) groups excluding carboxylic acids is 1. The maximum absolute atomic E-state index is 12.1. The molecule has 1 aromatic carbocycles. The monoisotopic (exact) mass is 315 g/mol. The summed E-state index contributed by atoms with van der Waals surface area (Å²) in [6.45, 7) is 0.819. The van der Waals surface area contributed by atoms with Gasteiger partial charge in [0.2, 0.25) is 10.0 Å². The highest BCUT2D eigenvalue weighted by Crippen LogP contribution is 2.14. The van der Waals surface area contributed by atoms with Gasteiger partial charge in [-0.3, -0.25) is 4.31 Å². The summed E-state index contributed by atoms with van der Waals surface area (Å²) in [5.41, 5.74) is 0.585. The Hall–Kier alpha value is -1.80. The third-order valence-corrected chi connectivity index (χ3v) is 4.54. The summed E-state index contributed by atoms with van der Waals surface area (Å²) in [6.07, 6.45) is 0. The van der Waals surface area contributed by atoms with E-state index in [9.17, 15) is 13.2 Å². The first-order chi connectivity index (χ1) is 9.97. The van der Waals surface area contributed by atoms with E-state index in [4.69, 9.17) is 4.74 Å². The van der Waals surface area contributed by atoms with Crippen molar-refractivity contribution in [3.05, 3.63) is 30.3 Å². The molecule has 0 atom stereocenters. The lowest BCUT2D eigenvalue weighted by molar-refractivity contribution is 0.196. The van der Waals surface area contributed by atoms with Crippen molar-refractivity contribution in [2.75, 3.05) is 43.9 Å². The molecule has 8 heteroatoms. The predicted molar refractivity (Wildman–Crippen MR) is 81.9 cm³/mol. The van der Waals surface area contributed by atoms with Gasteiger partial charge in [0, 0.05) is 27.2 Å². The molecule has 0 aromatic heterocycles. The molecule has 118 valence electrons. The zero-order chi connectivity index (χ0) is 15.7. The fourth-order valence-electron chi connectivity index (χ4n) is 1.56. The second-order valence-electron chi connectivity index (χ2n) is 4.29. The Morgan fingerprint density at radius 1 is 1.19 bits per heavy atom. The number of nitrogens with one attached hydrogen (secondary N) is 2. The Morgan fingerprint density at radius 3 is 2.43 bits per heavy atom. The summed E-state index contributed by atoms with van der Waals surface area (Å²) in [5, 5.41) is 5.04. The maximum atomic E-state index is 12.1. The molecule has 0 spiro atoms. The van der Waals surface area contributed by atoms with Gasteiger partial charge >= 0.3 is 6.03 Å². The molecule has 0 saturated heterocycles. The van der Waals surface area contributed by atoms with Gasteiger partial charge in [0.15, 0.2) is 0 Å². The van der Waals surface area contributed by atoms with Crippen LogP contribution >= 0.6 is 0 Å². The van der Waals surface area contributed by atoms with Gasteiger partial charge in [0.1, 0.15) is 0 Å². The molecule has 2 N–H and O–H groups in total. The van der Waals surface area contributed by atoms with E-state index in [0.717, 1.165) is 0 Å². The highest BCUT2D eigenvalue weighted by Gasteiger charge is 2.18. The van der Waals surface area contributed by atoms with Crippen molar-refractivity contribution in [2.24, 2.45) is 0 Å². The van der Waals surface area contributed by atoms with Gasteiger partial charge in [0.05, 0.1) is 18.0 Å². The fraction of sp³-hybridized carbons (Fsp3) is 0.462. The lowest BCUT2D eigenvalue weighted by Crippen LogP contribution is -2.41. The lowest BCUT2D eigenvalue weighted by Gasteiger charge is -2.19. The number of carbonyl (C=O) groups is 1. The Morgan fingerprint density at radius 2 is 1.81 bits per heavy atom. The second-order valence-corrected chi connectivity index (χ2v) is 6.41. The molecule has 21 heavy (non-hydrogen) atoms. The Labute approximate surface area is 125 Å². The van der Waals surface area contributed by atoms with E-state index in [1.165, 1.54) is 18.5 Å². The van der Waals surface area contributed by atoms with Crippen LogP contribution in [0.5, 0.6) is 0 Å². The van der Waals surface area contributed by atoms with Crippen LogP contribution < -0.4 is 14.9 Å². The van der Waals surface area contributed by atoms with E-state index in [2.05, 4.69) is 10.6 Å². The van der Waals surface area contributed by atoms with Gasteiger partial charge < -0.3 is 15.4 Å². The predicted octanol–water partition coefficient (Wildman–Crippen LogP) is 0.398. The molecule has 1 aromatic rings. The quantitative estimate of drug-likeness (QED) is 0.680. The molecule has 0 aliphatic rings. The number of ether oxygens (including phenoxy) is 1. The number of amides is 2. The molecule has 1 rings (SSSR count). The summed E-state index contributed by atoms with van der Waals surface area (Å²) in [6, 6.07) is 8.36. The van der Waals surface area contributed by atoms with Crippen molar-refractivity contribution >= 4 is 21.7 Å². The normalized spacial score (nSPS) is 11.0.